The minimum absolute atomic E-state index is 0.000993. The molecule has 1 aliphatic heterocycles. The van der Waals surface area contributed by atoms with Crippen LogP contribution in [0.2, 0.25) is 0 Å². The number of aromatic nitrogens is 3. The van der Waals surface area contributed by atoms with Crippen LogP contribution in [0.4, 0.5) is 5.82 Å². The SMILES string of the molecule is Cc1cc(NS(=O)(=O)c2cc(-c3nc(C)c(C(=O)N4CCCCC4)s3)n(C)c2)no1. The number of rotatable bonds is 5. The van der Waals surface area contributed by atoms with Gasteiger partial charge in [-0.25, -0.2) is 13.4 Å². The largest absolute Gasteiger partial charge is 0.360 e. The predicted octanol–water partition coefficient (Wildman–Crippen LogP) is 3.18. The van der Waals surface area contributed by atoms with Gasteiger partial charge in [-0.15, -0.1) is 11.3 Å². The molecule has 1 aliphatic rings. The highest BCUT2D eigenvalue weighted by Gasteiger charge is 2.25. The Morgan fingerprint density at radius 3 is 2.60 bits per heavy atom. The van der Waals surface area contributed by atoms with Gasteiger partial charge in [-0.2, -0.15) is 0 Å². The molecule has 0 aromatic carbocycles. The van der Waals surface area contributed by atoms with Crippen LogP contribution in [0, 0.1) is 13.8 Å². The van der Waals surface area contributed by atoms with E-state index in [2.05, 4.69) is 14.9 Å². The molecule has 0 atom stereocenters. The first-order valence-corrected chi connectivity index (χ1v) is 11.9. The van der Waals surface area contributed by atoms with Crippen molar-refractivity contribution < 1.29 is 17.7 Å². The molecular weight excluding hydrogens is 426 g/mol. The van der Waals surface area contributed by atoms with Gasteiger partial charge in [0.25, 0.3) is 15.9 Å². The third-order valence-electron chi connectivity index (χ3n) is 5.01. The zero-order valence-electron chi connectivity index (χ0n) is 17.0. The smallest absolute Gasteiger partial charge is 0.265 e. The number of nitrogens with one attached hydrogen (secondary N) is 1. The summed E-state index contributed by atoms with van der Waals surface area (Å²) in [5.41, 5.74) is 1.28. The van der Waals surface area contributed by atoms with Crippen molar-refractivity contribution in [1.29, 1.82) is 0 Å². The fourth-order valence-corrected chi connectivity index (χ4v) is 5.60. The van der Waals surface area contributed by atoms with Gasteiger partial charge in [0, 0.05) is 32.4 Å². The maximum Gasteiger partial charge on any atom is 0.265 e. The van der Waals surface area contributed by atoms with E-state index in [4.69, 9.17) is 4.52 Å². The van der Waals surface area contributed by atoms with Gasteiger partial charge >= 0.3 is 0 Å². The number of anilines is 1. The second-order valence-electron chi connectivity index (χ2n) is 7.39. The number of aryl methyl sites for hydroxylation is 3. The molecule has 30 heavy (non-hydrogen) atoms. The van der Waals surface area contributed by atoms with E-state index >= 15 is 0 Å². The van der Waals surface area contributed by atoms with E-state index in [9.17, 15) is 13.2 Å². The van der Waals surface area contributed by atoms with Gasteiger partial charge in [-0.3, -0.25) is 9.52 Å². The lowest BCUT2D eigenvalue weighted by Crippen LogP contribution is -2.35. The molecule has 11 heteroatoms. The van der Waals surface area contributed by atoms with Crippen molar-refractivity contribution in [2.45, 2.75) is 38.0 Å². The maximum absolute atomic E-state index is 12.9. The second-order valence-corrected chi connectivity index (χ2v) is 10.1. The van der Waals surface area contributed by atoms with Gasteiger partial charge in [0.05, 0.1) is 11.4 Å². The van der Waals surface area contributed by atoms with Crippen LogP contribution in [0.25, 0.3) is 10.7 Å². The number of likely N-dealkylation sites (tertiary alicyclic amines) is 1. The lowest BCUT2D eigenvalue weighted by Gasteiger charge is -2.26. The van der Waals surface area contributed by atoms with Gasteiger partial charge in [-0.1, -0.05) is 5.16 Å². The molecule has 0 radical (unpaired) electrons. The Hall–Kier alpha value is -2.66. The van der Waals surface area contributed by atoms with Crippen LogP contribution in [0.1, 0.15) is 40.4 Å². The number of nitrogens with zero attached hydrogens (tertiary/aromatic N) is 4. The number of piperidine rings is 1. The van der Waals surface area contributed by atoms with Crippen LogP contribution in [0.3, 0.4) is 0 Å². The molecule has 1 saturated heterocycles. The minimum atomic E-state index is -3.84. The number of carbonyl (C=O) groups is 1. The Morgan fingerprint density at radius 1 is 1.20 bits per heavy atom. The van der Waals surface area contributed by atoms with Crippen LogP contribution < -0.4 is 4.72 Å². The van der Waals surface area contributed by atoms with E-state index in [1.807, 2.05) is 11.8 Å². The van der Waals surface area contributed by atoms with Crippen molar-refractivity contribution in [3.05, 3.63) is 34.7 Å². The summed E-state index contributed by atoms with van der Waals surface area (Å²) in [4.78, 5) is 20.0. The summed E-state index contributed by atoms with van der Waals surface area (Å²) < 4.78 is 34.4. The number of sulfonamides is 1. The fourth-order valence-electron chi connectivity index (χ4n) is 3.45. The van der Waals surface area contributed by atoms with Crippen LogP contribution in [0.5, 0.6) is 0 Å². The van der Waals surface area contributed by atoms with Crippen LogP contribution in [-0.2, 0) is 17.1 Å². The van der Waals surface area contributed by atoms with Crippen molar-refractivity contribution >= 4 is 33.1 Å². The highest BCUT2D eigenvalue weighted by atomic mass is 32.2. The third-order valence-corrected chi connectivity index (χ3v) is 7.50. The topological polar surface area (TPSA) is 110 Å². The summed E-state index contributed by atoms with van der Waals surface area (Å²) >= 11 is 1.29. The molecule has 1 fully saturated rings. The number of hydrogen-bond acceptors (Lipinski definition) is 7. The standard InChI is InChI=1S/C19H23N5O4S2/c1-12-9-16(21-28-12)22-30(26,27)14-10-15(23(3)11-14)18-20-13(2)17(29-18)19(25)24-7-5-4-6-8-24/h9-11H,4-8H2,1-3H3,(H,21,22). The van der Waals surface area contributed by atoms with Crippen LogP contribution in [-0.4, -0.2) is 47.0 Å². The van der Waals surface area contributed by atoms with Crippen LogP contribution >= 0.6 is 11.3 Å². The van der Waals surface area contributed by atoms with Crippen molar-refractivity contribution in [3.8, 4) is 10.7 Å². The summed E-state index contributed by atoms with van der Waals surface area (Å²) in [5, 5.41) is 4.27. The average molecular weight is 450 g/mol. The predicted molar refractivity (Wildman–Crippen MR) is 113 cm³/mol. The first kappa shape index (κ1) is 20.6. The molecule has 1 amide bonds. The monoisotopic (exact) mass is 449 g/mol. The minimum Gasteiger partial charge on any atom is -0.360 e. The van der Waals surface area contributed by atoms with Crippen molar-refractivity contribution in [1.82, 2.24) is 19.6 Å². The summed E-state index contributed by atoms with van der Waals surface area (Å²) in [6, 6.07) is 3.05. The molecule has 0 spiro atoms. The van der Waals surface area contributed by atoms with Gasteiger partial charge in [-0.05, 0) is 39.2 Å². The summed E-state index contributed by atoms with van der Waals surface area (Å²) in [6.07, 6.45) is 4.70. The molecular formula is C19H23N5O4S2. The van der Waals surface area contributed by atoms with Gasteiger partial charge in [0.2, 0.25) is 0 Å². The molecule has 0 saturated carbocycles. The lowest BCUT2D eigenvalue weighted by molar-refractivity contribution is 0.0728. The second kappa shape index (κ2) is 7.88. The van der Waals surface area contributed by atoms with E-state index in [-0.39, 0.29) is 16.6 Å². The first-order valence-electron chi connectivity index (χ1n) is 9.64. The molecule has 4 heterocycles. The highest BCUT2D eigenvalue weighted by Crippen LogP contribution is 2.32. The first-order chi connectivity index (χ1) is 14.2. The van der Waals surface area contributed by atoms with E-state index < -0.39 is 10.0 Å². The average Bonchev–Trinajstić information content (AvgIpc) is 3.40. The highest BCUT2D eigenvalue weighted by molar-refractivity contribution is 7.92. The number of thiazole rings is 1. The Bertz CT molecular complexity index is 1190. The zero-order chi connectivity index (χ0) is 21.5. The Balaban J connectivity index is 1.61. The quantitative estimate of drug-likeness (QED) is 0.641. The molecule has 160 valence electrons. The third kappa shape index (κ3) is 3.99. The molecule has 4 rings (SSSR count). The number of amides is 1. The van der Waals surface area contributed by atoms with Crippen molar-refractivity contribution in [3.63, 3.8) is 0 Å². The molecule has 0 bridgehead atoms. The van der Waals surface area contributed by atoms with Gasteiger partial charge < -0.3 is 14.0 Å². The fraction of sp³-hybridized carbons (Fsp3) is 0.421. The van der Waals surface area contributed by atoms with Crippen LogP contribution in [0.15, 0.2) is 27.7 Å². The molecule has 3 aromatic heterocycles. The summed E-state index contributed by atoms with van der Waals surface area (Å²) in [5.74, 6) is 0.629. The lowest BCUT2D eigenvalue weighted by atomic mass is 10.1. The van der Waals surface area contributed by atoms with Crippen molar-refractivity contribution in [2.24, 2.45) is 7.05 Å². The van der Waals surface area contributed by atoms with Gasteiger partial charge in [0.15, 0.2) is 5.82 Å². The molecule has 3 aromatic rings. The molecule has 0 aliphatic carbocycles. The summed E-state index contributed by atoms with van der Waals surface area (Å²) in [7, 11) is -2.09. The maximum atomic E-state index is 12.9. The zero-order valence-corrected chi connectivity index (χ0v) is 18.6. The van der Waals surface area contributed by atoms with E-state index in [0.717, 1.165) is 32.4 Å². The number of carbonyl (C=O) groups excluding carboxylic acids is 1. The summed E-state index contributed by atoms with van der Waals surface area (Å²) in [6.45, 7) is 5.03. The van der Waals surface area contributed by atoms with E-state index in [0.29, 0.717) is 27.0 Å². The van der Waals surface area contributed by atoms with E-state index in [1.54, 1.807) is 24.6 Å². The van der Waals surface area contributed by atoms with Crippen molar-refractivity contribution in [2.75, 3.05) is 17.8 Å². The molecule has 0 unspecified atom stereocenters. The van der Waals surface area contributed by atoms with E-state index in [1.165, 1.54) is 23.6 Å². The normalized spacial score (nSPS) is 14.8. The Labute approximate surface area is 178 Å². The Morgan fingerprint density at radius 2 is 1.93 bits per heavy atom. The Kier molecular flexibility index (Phi) is 5.41. The number of hydrogen-bond donors (Lipinski definition) is 1. The molecule has 1 N–H and O–H groups in total. The van der Waals surface area contributed by atoms with Gasteiger partial charge in [0.1, 0.15) is 20.5 Å². The molecule has 9 nitrogen and oxygen atoms in total.